The molecule has 5 rings (SSSR count). The molecule has 2 aliphatic carbocycles. The van der Waals surface area contributed by atoms with Crippen LogP contribution in [0.25, 0.3) is 0 Å². The van der Waals surface area contributed by atoms with Gasteiger partial charge in [-0.1, -0.05) is 30.3 Å². The normalized spacial score (nSPS) is 26.0. The van der Waals surface area contributed by atoms with Crippen molar-refractivity contribution in [2.75, 3.05) is 26.3 Å². The van der Waals surface area contributed by atoms with E-state index >= 15 is 0 Å². The second kappa shape index (κ2) is 10.2. The summed E-state index contributed by atoms with van der Waals surface area (Å²) in [4.78, 5) is 14.9. The first-order valence-corrected chi connectivity index (χ1v) is 13.2. The quantitative estimate of drug-likeness (QED) is 0.515. The van der Waals surface area contributed by atoms with E-state index in [1.165, 1.54) is 43.5 Å². The summed E-state index contributed by atoms with van der Waals surface area (Å²) >= 11 is 1.45. The molecule has 2 aromatic rings. The average molecular weight is 489 g/mol. The van der Waals surface area contributed by atoms with Crippen molar-refractivity contribution < 1.29 is 18.7 Å². The fourth-order valence-corrected chi connectivity index (χ4v) is 6.96. The maximum Gasteiger partial charge on any atom is 0.236 e. The highest BCUT2D eigenvalue weighted by Crippen LogP contribution is 2.52. The number of benzene rings is 1. The Labute approximate surface area is 204 Å². The third-order valence-electron chi connectivity index (χ3n) is 7.70. The number of rotatable bonds is 8. The number of hydrogen-bond donors (Lipinski definition) is 0. The molecule has 2 bridgehead atoms. The molecule has 34 heavy (non-hydrogen) atoms. The number of para-hydroxylation sites is 1. The third-order valence-corrected chi connectivity index (χ3v) is 8.75. The third kappa shape index (κ3) is 4.82. The summed E-state index contributed by atoms with van der Waals surface area (Å²) in [6.07, 6.45) is 5.17. The highest BCUT2D eigenvalue weighted by atomic mass is 32.2. The zero-order valence-electron chi connectivity index (χ0n) is 19.9. The molecule has 2 heterocycles. The van der Waals surface area contributed by atoms with Crippen LogP contribution in [0.3, 0.4) is 0 Å². The van der Waals surface area contributed by atoms with Gasteiger partial charge in [-0.05, 0) is 63.0 Å². The fourth-order valence-electron chi connectivity index (χ4n) is 5.92. The molecule has 1 aromatic carbocycles. The van der Waals surface area contributed by atoms with Crippen LogP contribution in [0.1, 0.15) is 51.4 Å². The van der Waals surface area contributed by atoms with E-state index in [-0.39, 0.29) is 29.6 Å². The first-order chi connectivity index (χ1) is 16.5. The van der Waals surface area contributed by atoms with Crippen LogP contribution < -0.4 is 4.74 Å². The molecule has 5 atom stereocenters. The van der Waals surface area contributed by atoms with Crippen molar-refractivity contribution in [1.82, 2.24) is 19.7 Å². The molecule has 3 fully saturated rings. The Kier molecular flexibility index (Phi) is 7.11. The van der Waals surface area contributed by atoms with Gasteiger partial charge in [-0.3, -0.25) is 9.36 Å². The van der Waals surface area contributed by atoms with Gasteiger partial charge in [0.25, 0.3) is 0 Å². The van der Waals surface area contributed by atoms with Gasteiger partial charge in [0.15, 0.2) is 22.5 Å². The molecule has 0 unspecified atom stereocenters. The van der Waals surface area contributed by atoms with E-state index < -0.39 is 5.82 Å². The zero-order chi connectivity index (χ0) is 23.7. The smallest absolute Gasteiger partial charge is 0.236 e. The summed E-state index contributed by atoms with van der Waals surface area (Å²) in [5.74, 6) is 2.69. The van der Waals surface area contributed by atoms with Crippen LogP contribution in [0.2, 0.25) is 0 Å². The van der Waals surface area contributed by atoms with Gasteiger partial charge in [0.05, 0.1) is 18.5 Å². The fraction of sp³-hybridized carbons (Fsp3) is 0.640. The maximum atomic E-state index is 14.1. The van der Waals surface area contributed by atoms with Crippen LogP contribution in [0.5, 0.6) is 5.75 Å². The van der Waals surface area contributed by atoms with Gasteiger partial charge in [-0.25, -0.2) is 4.39 Å². The van der Waals surface area contributed by atoms with Gasteiger partial charge in [0, 0.05) is 19.1 Å². The van der Waals surface area contributed by atoms with Crippen molar-refractivity contribution in [1.29, 1.82) is 0 Å². The van der Waals surface area contributed by atoms with Crippen LogP contribution >= 0.6 is 11.8 Å². The number of amides is 1. The van der Waals surface area contributed by atoms with Crippen molar-refractivity contribution in [3.63, 3.8) is 0 Å². The number of ether oxygens (including phenoxy) is 2. The van der Waals surface area contributed by atoms with Crippen LogP contribution in [0.4, 0.5) is 4.39 Å². The van der Waals surface area contributed by atoms with Crippen LogP contribution in [-0.2, 0) is 16.1 Å². The van der Waals surface area contributed by atoms with E-state index in [1.807, 2.05) is 11.8 Å². The summed E-state index contributed by atoms with van der Waals surface area (Å²) in [6, 6.07) is 6.59. The number of hydrogen-bond acceptors (Lipinski definition) is 6. The molecule has 0 N–H and O–H groups in total. The molecule has 9 heteroatoms. The number of nitrogens with zero attached hydrogens (tertiary/aromatic N) is 4. The largest absolute Gasteiger partial charge is 0.483 e. The topological polar surface area (TPSA) is 69.5 Å². The molecule has 1 amide bonds. The van der Waals surface area contributed by atoms with Crippen LogP contribution in [-0.4, -0.2) is 57.1 Å². The van der Waals surface area contributed by atoms with Gasteiger partial charge in [0.1, 0.15) is 6.61 Å². The van der Waals surface area contributed by atoms with Crippen molar-refractivity contribution in [2.24, 2.45) is 17.8 Å². The molecule has 0 radical (unpaired) electrons. The highest BCUT2D eigenvalue weighted by molar-refractivity contribution is 8.00. The lowest BCUT2D eigenvalue weighted by atomic mass is 9.84. The summed E-state index contributed by atoms with van der Waals surface area (Å²) in [7, 11) is 0. The van der Waals surface area contributed by atoms with Crippen molar-refractivity contribution in [3.8, 4) is 5.75 Å². The van der Waals surface area contributed by atoms with Crippen LogP contribution in [0, 0.1) is 23.6 Å². The number of aromatic nitrogens is 3. The van der Waals surface area contributed by atoms with Crippen molar-refractivity contribution >= 4 is 17.7 Å². The second-order valence-electron chi connectivity index (χ2n) is 9.76. The standard InChI is InChI=1S/C25H33FN4O3S/c1-16(20-14-18-7-8-19(20)13-18)30-23(15-33-22-6-4-3-5-21(22)26)27-28-25(30)34-17(2)24(31)29-9-11-32-12-10-29/h3-6,16-20H,7-15H2,1-2H3/t16-,17-,18-,19-,20-/m0/s1. The lowest BCUT2D eigenvalue weighted by Gasteiger charge is -2.31. The number of halogens is 1. The molecule has 3 aliphatic rings. The number of fused-ring (bicyclic) bond motifs is 2. The molecule has 1 aliphatic heterocycles. The van der Waals surface area contributed by atoms with Gasteiger partial charge < -0.3 is 14.4 Å². The van der Waals surface area contributed by atoms with E-state index in [4.69, 9.17) is 9.47 Å². The number of carbonyl (C=O) groups excluding carboxylic acids is 1. The first-order valence-electron chi connectivity index (χ1n) is 12.4. The second-order valence-corrected chi connectivity index (χ2v) is 11.1. The Morgan fingerprint density at radius 3 is 2.71 bits per heavy atom. The number of carbonyl (C=O) groups is 1. The Balaban J connectivity index is 1.36. The van der Waals surface area contributed by atoms with E-state index in [0.29, 0.717) is 38.0 Å². The molecule has 1 aromatic heterocycles. The van der Waals surface area contributed by atoms with E-state index in [9.17, 15) is 9.18 Å². The Hall–Kier alpha value is -2.13. The average Bonchev–Trinajstić information content (AvgIpc) is 3.59. The highest BCUT2D eigenvalue weighted by Gasteiger charge is 2.43. The van der Waals surface area contributed by atoms with Gasteiger partial charge in [0.2, 0.25) is 5.91 Å². The SMILES string of the molecule is C[C@H](Sc1nnc(COc2ccccc2F)n1[C@@H](C)[C@@H]1C[C@H]2CC[C@H]1C2)C(=O)N1CCOCC1. The van der Waals surface area contributed by atoms with Gasteiger partial charge >= 0.3 is 0 Å². The number of thioether (sulfide) groups is 1. The van der Waals surface area contributed by atoms with Gasteiger partial charge in [-0.15, -0.1) is 10.2 Å². The molecule has 7 nitrogen and oxygen atoms in total. The maximum absolute atomic E-state index is 14.1. The molecule has 1 saturated heterocycles. The van der Waals surface area contributed by atoms with Crippen LogP contribution in [0.15, 0.2) is 29.4 Å². The monoisotopic (exact) mass is 488 g/mol. The minimum absolute atomic E-state index is 0.0968. The van der Waals surface area contributed by atoms with E-state index in [1.54, 1.807) is 18.2 Å². The van der Waals surface area contributed by atoms with Crippen molar-refractivity contribution in [2.45, 2.75) is 62.6 Å². The summed E-state index contributed by atoms with van der Waals surface area (Å²) in [6.45, 7) is 6.71. The first kappa shape index (κ1) is 23.6. The number of morpholine rings is 1. The molecular weight excluding hydrogens is 455 g/mol. The minimum Gasteiger partial charge on any atom is -0.483 e. The Bertz CT molecular complexity index is 1010. The lowest BCUT2D eigenvalue weighted by Crippen LogP contribution is -2.44. The summed E-state index contributed by atoms with van der Waals surface area (Å²) < 4.78 is 27.5. The Morgan fingerprint density at radius 1 is 1.21 bits per heavy atom. The van der Waals surface area contributed by atoms with E-state index in [2.05, 4.69) is 21.7 Å². The van der Waals surface area contributed by atoms with Crippen molar-refractivity contribution in [3.05, 3.63) is 35.9 Å². The predicted molar refractivity (Wildman–Crippen MR) is 127 cm³/mol. The molecule has 2 saturated carbocycles. The minimum atomic E-state index is -0.394. The summed E-state index contributed by atoms with van der Waals surface area (Å²) in [5, 5.41) is 9.37. The van der Waals surface area contributed by atoms with Gasteiger partial charge in [-0.2, -0.15) is 0 Å². The predicted octanol–water partition coefficient (Wildman–Crippen LogP) is 4.33. The Morgan fingerprint density at radius 2 is 2.00 bits per heavy atom. The lowest BCUT2D eigenvalue weighted by molar-refractivity contribution is -0.134. The summed E-state index contributed by atoms with van der Waals surface area (Å²) in [5.41, 5.74) is 0. The molecule has 0 spiro atoms. The zero-order valence-corrected chi connectivity index (χ0v) is 20.7. The molecule has 184 valence electrons. The molecular formula is C25H33FN4O3S. The van der Waals surface area contributed by atoms with E-state index in [0.717, 1.165) is 17.0 Å².